The summed E-state index contributed by atoms with van der Waals surface area (Å²) in [4.78, 5) is 28.3. The number of fused-ring (bicyclic) bond motifs is 1. The number of rotatable bonds is 6. The van der Waals surface area contributed by atoms with Crippen molar-refractivity contribution < 1.29 is 18.0 Å². The van der Waals surface area contributed by atoms with Gasteiger partial charge in [-0.2, -0.15) is 0 Å². The average molecular weight is 433 g/mol. The predicted molar refractivity (Wildman–Crippen MR) is 121 cm³/mol. The van der Waals surface area contributed by atoms with E-state index >= 15 is 0 Å². The summed E-state index contributed by atoms with van der Waals surface area (Å²) >= 11 is 0. The van der Waals surface area contributed by atoms with E-state index in [1.807, 2.05) is 6.07 Å². The van der Waals surface area contributed by atoms with Crippen LogP contribution in [0.2, 0.25) is 0 Å². The molecule has 0 radical (unpaired) electrons. The molecule has 4 aromatic rings. The van der Waals surface area contributed by atoms with Crippen LogP contribution < -0.4 is 10.0 Å². The minimum Gasteiger partial charge on any atom is -0.350 e. The van der Waals surface area contributed by atoms with Gasteiger partial charge in [0, 0.05) is 27.7 Å². The molecule has 0 aliphatic carbocycles. The van der Waals surface area contributed by atoms with Crippen LogP contribution in [0.3, 0.4) is 0 Å². The van der Waals surface area contributed by atoms with Crippen molar-refractivity contribution in [3.8, 4) is 0 Å². The Labute approximate surface area is 179 Å². The van der Waals surface area contributed by atoms with Gasteiger partial charge < -0.3 is 10.3 Å². The highest BCUT2D eigenvalue weighted by molar-refractivity contribution is 7.92. The number of benzene rings is 3. The maximum atomic E-state index is 12.7. The molecule has 0 unspecified atom stereocenters. The van der Waals surface area contributed by atoms with Gasteiger partial charge >= 0.3 is 0 Å². The number of carbonyl (C=O) groups is 2. The van der Waals surface area contributed by atoms with Crippen LogP contribution >= 0.6 is 0 Å². The molecule has 3 aromatic carbocycles. The molecule has 1 heterocycles. The van der Waals surface area contributed by atoms with E-state index in [0.29, 0.717) is 33.7 Å². The molecule has 0 bridgehead atoms. The number of anilines is 2. The standard InChI is InChI=1S/C23H19N3O4S/c1-31(29,30)26-19-11-10-16-13-21(25-20(16)14-19)23(28)24-18-9-5-8-17(12-18)22(27)15-6-3-2-4-7-15/h2-14,25-26H,1H3,(H,24,28). The van der Waals surface area contributed by atoms with Crippen LogP contribution in [-0.4, -0.2) is 31.3 Å². The summed E-state index contributed by atoms with van der Waals surface area (Å²) in [5, 5.41) is 3.55. The lowest BCUT2D eigenvalue weighted by molar-refractivity contribution is 0.101. The molecule has 31 heavy (non-hydrogen) atoms. The number of sulfonamides is 1. The van der Waals surface area contributed by atoms with Gasteiger partial charge in [-0.1, -0.05) is 48.5 Å². The molecule has 0 saturated heterocycles. The number of hydrogen-bond donors (Lipinski definition) is 3. The summed E-state index contributed by atoms with van der Waals surface area (Å²) in [6.45, 7) is 0. The number of aromatic nitrogens is 1. The molecule has 7 nitrogen and oxygen atoms in total. The lowest BCUT2D eigenvalue weighted by atomic mass is 10.0. The molecule has 1 aromatic heterocycles. The van der Waals surface area contributed by atoms with E-state index in [4.69, 9.17) is 0 Å². The van der Waals surface area contributed by atoms with E-state index in [9.17, 15) is 18.0 Å². The topological polar surface area (TPSA) is 108 Å². The molecule has 0 aliphatic heterocycles. The molecule has 0 aliphatic rings. The van der Waals surface area contributed by atoms with Gasteiger partial charge in [0.2, 0.25) is 10.0 Å². The number of ketones is 1. The maximum Gasteiger partial charge on any atom is 0.272 e. The van der Waals surface area contributed by atoms with Crippen LogP contribution in [0, 0.1) is 0 Å². The van der Waals surface area contributed by atoms with Gasteiger partial charge in [0.1, 0.15) is 5.69 Å². The van der Waals surface area contributed by atoms with Gasteiger partial charge in [0.25, 0.3) is 5.91 Å². The van der Waals surface area contributed by atoms with Crippen molar-refractivity contribution >= 4 is 44.0 Å². The Morgan fingerprint density at radius 1 is 0.806 bits per heavy atom. The summed E-state index contributed by atoms with van der Waals surface area (Å²) < 4.78 is 25.2. The summed E-state index contributed by atoms with van der Waals surface area (Å²) in [6, 6.07) is 22.3. The van der Waals surface area contributed by atoms with Crippen molar-refractivity contribution in [3.05, 3.63) is 95.7 Å². The molecule has 4 rings (SSSR count). The normalized spacial score (nSPS) is 11.3. The number of H-pyrrole nitrogens is 1. The quantitative estimate of drug-likeness (QED) is 0.399. The van der Waals surface area contributed by atoms with Gasteiger partial charge in [-0.25, -0.2) is 8.42 Å². The largest absolute Gasteiger partial charge is 0.350 e. The van der Waals surface area contributed by atoms with Gasteiger partial charge in [-0.15, -0.1) is 0 Å². The van der Waals surface area contributed by atoms with Crippen molar-refractivity contribution in [2.24, 2.45) is 0 Å². The van der Waals surface area contributed by atoms with Crippen LogP contribution in [0.15, 0.2) is 78.9 Å². The SMILES string of the molecule is CS(=O)(=O)Nc1ccc2cc(C(=O)Nc3cccc(C(=O)c4ccccc4)c3)[nH]c2c1. The number of carbonyl (C=O) groups excluding carboxylic acids is 2. The lowest BCUT2D eigenvalue weighted by Crippen LogP contribution is -2.13. The van der Waals surface area contributed by atoms with Crippen molar-refractivity contribution in [2.45, 2.75) is 0 Å². The first kappa shape index (κ1) is 20.4. The van der Waals surface area contributed by atoms with Crippen LogP contribution in [0.4, 0.5) is 11.4 Å². The van der Waals surface area contributed by atoms with Gasteiger partial charge in [0.15, 0.2) is 5.78 Å². The fraction of sp³-hybridized carbons (Fsp3) is 0.0435. The smallest absolute Gasteiger partial charge is 0.272 e. The molecular formula is C23H19N3O4S. The first-order chi connectivity index (χ1) is 14.8. The van der Waals surface area contributed by atoms with E-state index in [1.165, 1.54) is 0 Å². The Balaban J connectivity index is 1.54. The van der Waals surface area contributed by atoms with Crippen LogP contribution in [0.5, 0.6) is 0 Å². The maximum absolute atomic E-state index is 12.7. The molecule has 156 valence electrons. The summed E-state index contributed by atoms with van der Waals surface area (Å²) in [5.41, 5.74) is 2.86. The minimum absolute atomic E-state index is 0.131. The fourth-order valence-electron chi connectivity index (χ4n) is 3.22. The Bertz CT molecular complexity index is 1390. The van der Waals surface area contributed by atoms with Crippen molar-refractivity contribution in [3.63, 3.8) is 0 Å². The zero-order valence-electron chi connectivity index (χ0n) is 16.5. The highest BCUT2D eigenvalue weighted by Gasteiger charge is 2.13. The fourth-order valence-corrected chi connectivity index (χ4v) is 3.77. The number of hydrogen-bond acceptors (Lipinski definition) is 4. The van der Waals surface area contributed by atoms with E-state index in [1.54, 1.807) is 72.8 Å². The summed E-state index contributed by atoms with van der Waals surface area (Å²) in [6.07, 6.45) is 1.07. The van der Waals surface area contributed by atoms with Crippen LogP contribution in [0.1, 0.15) is 26.4 Å². The predicted octanol–water partition coefficient (Wildman–Crippen LogP) is 4.02. The van der Waals surface area contributed by atoms with Crippen LogP contribution in [-0.2, 0) is 10.0 Å². The molecule has 0 fully saturated rings. The number of amides is 1. The molecule has 0 spiro atoms. The lowest BCUT2D eigenvalue weighted by Gasteiger charge is -2.06. The third kappa shape index (κ3) is 4.81. The molecule has 8 heteroatoms. The zero-order valence-corrected chi connectivity index (χ0v) is 17.4. The second-order valence-corrected chi connectivity index (χ2v) is 8.84. The third-order valence-electron chi connectivity index (χ3n) is 4.59. The average Bonchev–Trinajstić information content (AvgIpc) is 3.16. The summed E-state index contributed by atoms with van der Waals surface area (Å²) in [5.74, 6) is -0.508. The molecular weight excluding hydrogens is 414 g/mol. The third-order valence-corrected chi connectivity index (χ3v) is 5.20. The Kier molecular flexibility index (Phi) is 5.31. The number of nitrogens with one attached hydrogen (secondary N) is 3. The van der Waals surface area contributed by atoms with Crippen LogP contribution in [0.25, 0.3) is 10.9 Å². The Hall–Kier alpha value is -3.91. The minimum atomic E-state index is -3.40. The second kappa shape index (κ2) is 8.08. The van der Waals surface area contributed by atoms with Crippen molar-refractivity contribution in [1.82, 2.24) is 4.98 Å². The van der Waals surface area contributed by atoms with Gasteiger partial charge in [-0.3, -0.25) is 14.3 Å². The molecule has 0 saturated carbocycles. The first-order valence-corrected chi connectivity index (χ1v) is 11.3. The van der Waals surface area contributed by atoms with Crippen molar-refractivity contribution in [2.75, 3.05) is 16.3 Å². The van der Waals surface area contributed by atoms with Gasteiger partial charge in [0.05, 0.1) is 11.9 Å². The summed E-state index contributed by atoms with van der Waals surface area (Å²) in [7, 11) is -3.40. The van der Waals surface area contributed by atoms with E-state index in [0.717, 1.165) is 11.6 Å². The Morgan fingerprint density at radius 2 is 1.55 bits per heavy atom. The molecule has 3 N–H and O–H groups in total. The Morgan fingerprint density at radius 3 is 2.29 bits per heavy atom. The highest BCUT2D eigenvalue weighted by atomic mass is 32.2. The van der Waals surface area contributed by atoms with Crippen molar-refractivity contribution in [1.29, 1.82) is 0 Å². The van der Waals surface area contributed by atoms with Gasteiger partial charge in [-0.05, 0) is 30.3 Å². The highest BCUT2D eigenvalue weighted by Crippen LogP contribution is 2.22. The van der Waals surface area contributed by atoms with E-state index < -0.39 is 10.0 Å². The van der Waals surface area contributed by atoms with E-state index in [2.05, 4.69) is 15.0 Å². The molecule has 1 amide bonds. The number of aromatic amines is 1. The second-order valence-electron chi connectivity index (χ2n) is 7.09. The molecule has 0 atom stereocenters. The zero-order chi connectivity index (χ0) is 22.0. The monoisotopic (exact) mass is 433 g/mol. The van der Waals surface area contributed by atoms with E-state index in [-0.39, 0.29) is 11.7 Å². The first-order valence-electron chi connectivity index (χ1n) is 9.40.